The van der Waals surface area contributed by atoms with Crippen molar-refractivity contribution in [2.24, 2.45) is 5.92 Å². The monoisotopic (exact) mass is 793 g/mol. The van der Waals surface area contributed by atoms with Crippen LogP contribution in [0.1, 0.15) is 76.8 Å². The Bertz CT molecular complexity index is 1960. The molecule has 2 aromatic rings. The minimum absolute atomic E-state index is 0.0880. The van der Waals surface area contributed by atoms with Crippen LogP contribution in [0.3, 0.4) is 0 Å². The lowest BCUT2D eigenvalue weighted by atomic mass is 10.0. The van der Waals surface area contributed by atoms with E-state index in [9.17, 15) is 32.4 Å². The molecule has 0 aromatic heterocycles. The molecule has 6 rings (SSSR count). The zero-order valence-electron chi connectivity index (χ0n) is 32.2. The maximum absolute atomic E-state index is 14.4. The molecule has 2 aromatic carbocycles. The zero-order chi connectivity index (χ0) is 40.3. The predicted molar refractivity (Wildman–Crippen MR) is 204 cm³/mol. The zero-order valence-corrected chi connectivity index (χ0v) is 33.1. The molecule has 15 nitrogen and oxygen atoms in total. The number of methoxy groups -OCH3 is 1. The minimum atomic E-state index is -4.35. The van der Waals surface area contributed by atoms with Crippen LogP contribution in [0, 0.1) is 5.92 Å². The van der Waals surface area contributed by atoms with E-state index >= 15 is 0 Å². The molecule has 2 fully saturated rings. The number of hydrogen-bond acceptors (Lipinski definition) is 10. The van der Waals surface area contributed by atoms with Gasteiger partial charge in [0.2, 0.25) is 11.8 Å². The van der Waals surface area contributed by atoms with Gasteiger partial charge in [-0.25, -0.2) is 22.7 Å². The van der Waals surface area contributed by atoms with E-state index in [1.165, 1.54) is 36.3 Å². The average molecular weight is 794 g/mol. The van der Waals surface area contributed by atoms with E-state index in [0.29, 0.717) is 38.1 Å². The van der Waals surface area contributed by atoms with Crippen molar-refractivity contribution in [1.82, 2.24) is 25.2 Å². The van der Waals surface area contributed by atoms with E-state index in [1.807, 2.05) is 36.4 Å². The van der Waals surface area contributed by atoms with Crippen molar-refractivity contribution in [2.75, 3.05) is 20.2 Å². The molecule has 0 bridgehead atoms. The van der Waals surface area contributed by atoms with Crippen LogP contribution in [0.4, 0.5) is 9.59 Å². The normalized spacial score (nSPS) is 26.1. The van der Waals surface area contributed by atoms with E-state index in [0.717, 1.165) is 24.0 Å². The summed E-state index contributed by atoms with van der Waals surface area (Å²) in [7, 11) is -2.90. The first kappa shape index (κ1) is 40.5. The summed E-state index contributed by atoms with van der Waals surface area (Å²) in [6.07, 6.45) is 5.10. The summed E-state index contributed by atoms with van der Waals surface area (Å²) in [5.74, 6) is -2.30. The molecule has 5 atom stereocenters. The summed E-state index contributed by atoms with van der Waals surface area (Å²) in [6.45, 7) is 5.76. The van der Waals surface area contributed by atoms with Gasteiger partial charge < -0.3 is 34.6 Å². The van der Waals surface area contributed by atoms with Gasteiger partial charge in [0.25, 0.3) is 15.9 Å². The van der Waals surface area contributed by atoms with Gasteiger partial charge >= 0.3 is 12.2 Å². The van der Waals surface area contributed by atoms with Crippen molar-refractivity contribution in [3.8, 4) is 5.75 Å². The molecule has 16 heteroatoms. The van der Waals surface area contributed by atoms with Gasteiger partial charge in [0, 0.05) is 25.4 Å². The second-order valence-electron chi connectivity index (χ2n) is 15.8. The third-order valence-corrected chi connectivity index (χ3v) is 11.9. The van der Waals surface area contributed by atoms with Crippen LogP contribution in [-0.4, -0.2) is 97.7 Å². The minimum Gasteiger partial charge on any atom is -0.497 e. The number of carbonyl (C=O) groups is 5. The molecule has 1 saturated carbocycles. The second-order valence-corrected chi connectivity index (χ2v) is 17.5. The summed E-state index contributed by atoms with van der Waals surface area (Å²) >= 11 is 0. The highest BCUT2D eigenvalue weighted by Gasteiger charge is 2.61. The maximum Gasteiger partial charge on any atom is 0.410 e. The number of sulfonamides is 1. The molecule has 1 aliphatic carbocycles. The highest BCUT2D eigenvalue weighted by molar-refractivity contribution is 7.90. The van der Waals surface area contributed by atoms with Gasteiger partial charge in [0.15, 0.2) is 0 Å². The van der Waals surface area contributed by atoms with Gasteiger partial charge in [0.05, 0.1) is 18.6 Å². The molecule has 302 valence electrons. The number of fused-ring (bicyclic) bond motifs is 3. The topological polar surface area (TPSA) is 190 Å². The lowest BCUT2D eigenvalue weighted by molar-refractivity contribution is -0.141. The molecule has 0 radical (unpaired) electrons. The lowest BCUT2D eigenvalue weighted by Gasteiger charge is -2.30. The third kappa shape index (κ3) is 9.45. The van der Waals surface area contributed by atoms with Crippen molar-refractivity contribution < 1.29 is 46.6 Å². The number of benzene rings is 2. The fourth-order valence-electron chi connectivity index (χ4n) is 7.51. The van der Waals surface area contributed by atoms with E-state index in [1.54, 1.807) is 25.7 Å². The Balaban J connectivity index is 1.26. The number of rotatable bonds is 6. The molecule has 3 heterocycles. The summed E-state index contributed by atoms with van der Waals surface area (Å²) < 4.78 is 45.4. The fraction of sp³-hybridized carbons (Fsp3) is 0.525. The Hall–Kier alpha value is -5.12. The first-order valence-electron chi connectivity index (χ1n) is 19.1. The molecule has 56 heavy (non-hydrogen) atoms. The van der Waals surface area contributed by atoms with Gasteiger partial charge in [-0.1, -0.05) is 49.3 Å². The number of alkyl carbamates (subject to hydrolysis) is 1. The number of carbonyl (C=O) groups excluding carboxylic acids is 5. The van der Waals surface area contributed by atoms with Gasteiger partial charge in [-0.2, -0.15) is 0 Å². The Morgan fingerprint density at radius 1 is 0.982 bits per heavy atom. The molecule has 0 spiro atoms. The molecule has 3 aliphatic heterocycles. The number of nitrogens with zero attached hydrogens (tertiary/aromatic N) is 2. The molecule has 4 aliphatic rings. The number of ether oxygens (including phenoxy) is 3. The SMILES string of the molecule is COc1ccc(S(=O)(=O)NC(=O)[C@@]23C[C@H]2/C=C/CCCCC[C@H](NC(=O)OC(C)(C)C)C(=O)N2C[C@H](OC(=O)N4CCc5ccccc5C4)C[C@H]2C(=O)N3)cc1. The van der Waals surface area contributed by atoms with Gasteiger partial charge in [-0.05, 0) is 88.3 Å². The van der Waals surface area contributed by atoms with E-state index in [2.05, 4.69) is 15.4 Å². The number of allylic oxidation sites excluding steroid dienone is 1. The van der Waals surface area contributed by atoms with Crippen LogP contribution < -0.4 is 20.1 Å². The molecule has 5 amide bonds. The standard InChI is InChI=1S/C40H51N5O10S/c1-39(2,3)55-37(49)41-32-15-9-7-5-6-8-14-28-23-40(28,36(48)43-56(51,52)31-18-16-29(53-4)17-19-31)42-34(46)33-22-30(25-45(33)35(32)47)54-38(50)44-21-20-26-12-10-11-13-27(26)24-44/h8,10-14,16-19,28,30,32-33H,5-7,9,15,20-25H2,1-4H3,(H,41,49)(H,42,46)(H,43,48)/b14-8+/t28-,30-,32+,33+,40-/m1/s1. The largest absolute Gasteiger partial charge is 0.497 e. The molecule has 1 saturated heterocycles. The van der Waals surface area contributed by atoms with E-state index < -0.39 is 75.2 Å². The Kier molecular flexibility index (Phi) is 12.0. The Morgan fingerprint density at radius 3 is 2.43 bits per heavy atom. The highest BCUT2D eigenvalue weighted by atomic mass is 32.2. The summed E-state index contributed by atoms with van der Waals surface area (Å²) in [5.41, 5.74) is -0.310. The fourth-order valence-corrected chi connectivity index (χ4v) is 8.55. The van der Waals surface area contributed by atoms with Crippen molar-refractivity contribution in [1.29, 1.82) is 0 Å². The molecular weight excluding hydrogens is 743 g/mol. The Labute approximate surface area is 327 Å². The first-order chi connectivity index (χ1) is 26.6. The van der Waals surface area contributed by atoms with E-state index in [-0.39, 0.29) is 30.7 Å². The number of amides is 5. The van der Waals surface area contributed by atoms with Crippen LogP contribution in [0.2, 0.25) is 0 Å². The van der Waals surface area contributed by atoms with E-state index in [4.69, 9.17) is 14.2 Å². The van der Waals surface area contributed by atoms with Gasteiger partial charge in [-0.3, -0.25) is 14.4 Å². The Morgan fingerprint density at radius 2 is 1.71 bits per heavy atom. The summed E-state index contributed by atoms with van der Waals surface area (Å²) in [6, 6.07) is 11.1. The molecular formula is C40H51N5O10S. The molecule has 3 N–H and O–H groups in total. The van der Waals surface area contributed by atoms with Crippen molar-refractivity contribution in [2.45, 2.75) is 113 Å². The summed E-state index contributed by atoms with van der Waals surface area (Å²) in [5, 5.41) is 5.51. The number of hydrogen-bond donors (Lipinski definition) is 3. The van der Waals surface area contributed by atoms with Crippen LogP contribution in [0.5, 0.6) is 5.75 Å². The van der Waals surface area contributed by atoms with Crippen LogP contribution in [0.25, 0.3) is 0 Å². The van der Waals surface area contributed by atoms with Gasteiger partial charge in [0.1, 0.15) is 35.1 Å². The third-order valence-electron chi connectivity index (χ3n) is 10.6. The van der Waals surface area contributed by atoms with Crippen LogP contribution >= 0.6 is 0 Å². The first-order valence-corrected chi connectivity index (χ1v) is 20.6. The second kappa shape index (κ2) is 16.5. The highest BCUT2D eigenvalue weighted by Crippen LogP contribution is 2.46. The van der Waals surface area contributed by atoms with Crippen molar-refractivity contribution >= 4 is 39.9 Å². The predicted octanol–water partition coefficient (Wildman–Crippen LogP) is 3.95. The maximum atomic E-state index is 14.4. The smallest absolute Gasteiger partial charge is 0.410 e. The average Bonchev–Trinajstić information content (AvgIpc) is 3.69. The molecule has 0 unspecified atom stereocenters. The quantitative estimate of drug-likeness (QED) is 0.361. The van der Waals surface area contributed by atoms with Crippen LogP contribution in [0.15, 0.2) is 65.6 Å². The lowest BCUT2D eigenvalue weighted by Crippen LogP contribution is -2.58. The van der Waals surface area contributed by atoms with Crippen molar-refractivity contribution in [3.05, 3.63) is 71.8 Å². The summed E-state index contributed by atoms with van der Waals surface area (Å²) in [4.78, 5) is 71.9. The number of nitrogens with one attached hydrogen (secondary N) is 3. The van der Waals surface area contributed by atoms with Gasteiger partial charge in [-0.15, -0.1) is 0 Å². The van der Waals surface area contributed by atoms with Crippen LogP contribution in [-0.2, 0) is 46.8 Å². The van der Waals surface area contributed by atoms with Crippen molar-refractivity contribution in [3.63, 3.8) is 0 Å².